The number of hydrogen-bond donors (Lipinski definition) is 1. The van der Waals surface area contributed by atoms with Crippen molar-refractivity contribution in [2.45, 2.75) is 24.9 Å². The van der Waals surface area contributed by atoms with E-state index in [4.69, 9.17) is 0 Å². The first-order chi connectivity index (χ1) is 15.3. The standard InChI is InChI=1S/C27H23FO4/c1-27(32)16-21(29)23(25(30)17-9-4-2-5-10-17)22(19-13-8-14-20(28)15-19)24(27)26(31)18-11-6-3-7-12-18/h2-15,22-24,32H,16H2,1H3. The van der Waals surface area contributed by atoms with Crippen LogP contribution in [-0.2, 0) is 4.79 Å². The van der Waals surface area contributed by atoms with Gasteiger partial charge in [0.05, 0.1) is 17.4 Å². The summed E-state index contributed by atoms with van der Waals surface area (Å²) in [4.78, 5) is 40.3. The van der Waals surface area contributed by atoms with Gasteiger partial charge in [0.25, 0.3) is 0 Å². The lowest BCUT2D eigenvalue weighted by Crippen LogP contribution is -2.54. The quantitative estimate of drug-likeness (QED) is 0.473. The highest BCUT2D eigenvalue weighted by Crippen LogP contribution is 2.48. The van der Waals surface area contributed by atoms with Crippen molar-refractivity contribution in [3.63, 3.8) is 0 Å². The predicted molar refractivity (Wildman–Crippen MR) is 118 cm³/mol. The fourth-order valence-electron chi connectivity index (χ4n) is 4.77. The second-order valence-electron chi connectivity index (χ2n) is 8.50. The predicted octanol–water partition coefficient (Wildman–Crippen LogP) is 4.63. The van der Waals surface area contributed by atoms with Crippen molar-refractivity contribution in [2.75, 3.05) is 0 Å². The van der Waals surface area contributed by atoms with E-state index >= 15 is 0 Å². The SMILES string of the molecule is CC1(O)CC(=O)C(C(=O)c2ccccc2)C(c2cccc(F)c2)C1C(=O)c1ccccc1. The number of rotatable bonds is 5. The molecule has 3 aromatic carbocycles. The molecular weight excluding hydrogens is 407 g/mol. The van der Waals surface area contributed by atoms with Gasteiger partial charge in [0.1, 0.15) is 11.6 Å². The number of benzene rings is 3. The topological polar surface area (TPSA) is 71.4 Å². The molecule has 4 rings (SSSR count). The average molecular weight is 430 g/mol. The monoisotopic (exact) mass is 430 g/mol. The van der Waals surface area contributed by atoms with E-state index < -0.39 is 40.7 Å². The summed E-state index contributed by atoms with van der Waals surface area (Å²) in [6.45, 7) is 1.44. The molecule has 4 atom stereocenters. The van der Waals surface area contributed by atoms with E-state index in [-0.39, 0.29) is 12.2 Å². The molecule has 0 spiro atoms. The highest BCUT2D eigenvalue weighted by Gasteiger charge is 2.55. The first-order valence-corrected chi connectivity index (χ1v) is 10.5. The van der Waals surface area contributed by atoms with Gasteiger partial charge in [-0.05, 0) is 24.6 Å². The first-order valence-electron chi connectivity index (χ1n) is 10.5. The average Bonchev–Trinajstić information content (AvgIpc) is 2.78. The van der Waals surface area contributed by atoms with E-state index in [1.54, 1.807) is 66.7 Å². The van der Waals surface area contributed by atoms with Gasteiger partial charge < -0.3 is 5.11 Å². The fraction of sp³-hybridized carbons (Fsp3) is 0.222. The largest absolute Gasteiger partial charge is 0.389 e. The number of aliphatic hydroxyl groups is 1. The van der Waals surface area contributed by atoms with Gasteiger partial charge >= 0.3 is 0 Å². The third-order valence-electron chi connectivity index (χ3n) is 6.18. The Balaban J connectivity index is 1.90. The maximum Gasteiger partial charge on any atom is 0.173 e. The summed E-state index contributed by atoms with van der Waals surface area (Å²) < 4.78 is 14.2. The Bertz CT molecular complexity index is 1150. The molecular formula is C27H23FO4. The van der Waals surface area contributed by atoms with Crippen molar-refractivity contribution in [1.82, 2.24) is 0 Å². The third kappa shape index (κ3) is 4.04. The van der Waals surface area contributed by atoms with E-state index in [1.165, 1.54) is 25.1 Å². The molecule has 3 aromatic rings. The zero-order valence-electron chi connectivity index (χ0n) is 17.6. The molecule has 4 unspecified atom stereocenters. The lowest BCUT2D eigenvalue weighted by Gasteiger charge is -2.45. The van der Waals surface area contributed by atoms with Crippen LogP contribution in [0.2, 0.25) is 0 Å². The minimum absolute atomic E-state index is 0.333. The highest BCUT2D eigenvalue weighted by atomic mass is 19.1. The Morgan fingerprint density at radius 3 is 2.00 bits per heavy atom. The number of carbonyl (C=O) groups is 3. The summed E-state index contributed by atoms with van der Waals surface area (Å²) in [5.74, 6) is -5.16. The van der Waals surface area contributed by atoms with E-state index in [0.29, 0.717) is 16.7 Å². The van der Waals surface area contributed by atoms with Crippen molar-refractivity contribution in [3.05, 3.63) is 107 Å². The molecule has 162 valence electrons. The van der Waals surface area contributed by atoms with Crippen LogP contribution < -0.4 is 0 Å². The number of ketones is 3. The Kier molecular flexibility index (Phi) is 5.85. The molecule has 32 heavy (non-hydrogen) atoms. The normalized spacial score (nSPS) is 25.3. The van der Waals surface area contributed by atoms with Gasteiger partial charge in [-0.15, -0.1) is 0 Å². The molecule has 0 saturated heterocycles. The number of carbonyl (C=O) groups excluding carboxylic acids is 3. The van der Waals surface area contributed by atoms with Crippen molar-refractivity contribution in [3.8, 4) is 0 Å². The smallest absolute Gasteiger partial charge is 0.173 e. The second-order valence-corrected chi connectivity index (χ2v) is 8.50. The van der Waals surface area contributed by atoms with Crippen LogP contribution in [0.4, 0.5) is 4.39 Å². The maximum absolute atomic E-state index is 14.2. The Hall–Kier alpha value is -3.44. The number of Topliss-reactive ketones (excluding diaryl/α,β-unsaturated/α-hetero) is 3. The molecule has 0 amide bonds. The summed E-state index contributed by atoms with van der Waals surface area (Å²) >= 11 is 0. The highest BCUT2D eigenvalue weighted by molar-refractivity contribution is 6.13. The number of halogens is 1. The Morgan fingerprint density at radius 2 is 1.44 bits per heavy atom. The van der Waals surface area contributed by atoms with Crippen LogP contribution >= 0.6 is 0 Å². The van der Waals surface area contributed by atoms with Gasteiger partial charge in [0.15, 0.2) is 11.6 Å². The van der Waals surface area contributed by atoms with Crippen LogP contribution in [0.15, 0.2) is 84.9 Å². The van der Waals surface area contributed by atoms with Crippen molar-refractivity contribution < 1.29 is 23.9 Å². The van der Waals surface area contributed by atoms with Crippen LogP contribution in [0.5, 0.6) is 0 Å². The molecule has 0 bridgehead atoms. The summed E-state index contributed by atoms with van der Waals surface area (Å²) in [7, 11) is 0. The van der Waals surface area contributed by atoms with Gasteiger partial charge in [-0.2, -0.15) is 0 Å². The van der Waals surface area contributed by atoms with Gasteiger partial charge in [-0.25, -0.2) is 4.39 Å². The molecule has 0 aromatic heterocycles. The maximum atomic E-state index is 14.2. The molecule has 1 N–H and O–H groups in total. The molecule has 4 nitrogen and oxygen atoms in total. The van der Waals surface area contributed by atoms with E-state index in [2.05, 4.69) is 0 Å². The molecule has 1 aliphatic carbocycles. The van der Waals surface area contributed by atoms with Crippen molar-refractivity contribution in [1.29, 1.82) is 0 Å². The Morgan fingerprint density at radius 1 is 0.875 bits per heavy atom. The molecule has 0 aliphatic heterocycles. The number of hydrogen-bond acceptors (Lipinski definition) is 4. The van der Waals surface area contributed by atoms with E-state index in [0.717, 1.165) is 0 Å². The van der Waals surface area contributed by atoms with Crippen LogP contribution in [0.1, 0.15) is 45.5 Å². The summed E-state index contributed by atoms with van der Waals surface area (Å²) in [6.07, 6.45) is -0.342. The minimum atomic E-state index is -1.70. The fourth-order valence-corrected chi connectivity index (χ4v) is 4.77. The van der Waals surface area contributed by atoms with Gasteiger partial charge in [0.2, 0.25) is 0 Å². The van der Waals surface area contributed by atoms with Gasteiger partial charge in [0, 0.05) is 23.5 Å². The molecule has 0 heterocycles. The summed E-state index contributed by atoms with van der Waals surface area (Å²) in [6, 6.07) is 22.4. The second kappa shape index (κ2) is 8.60. The first kappa shape index (κ1) is 21.8. The molecule has 0 radical (unpaired) electrons. The lowest BCUT2D eigenvalue weighted by molar-refractivity contribution is -0.134. The van der Waals surface area contributed by atoms with Crippen molar-refractivity contribution in [2.24, 2.45) is 11.8 Å². The molecule has 5 heteroatoms. The van der Waals surface area contributed by atoms with E-state index in [1.807, 2.05) is 0 Å². The molecule has 1 saturated carbocycles. The van der Waals surface area contributed by atoms with Crippen LogP contribution in [0.25, 0.3) is 0 Å². The van der Waals surface area contributed by atoms with Gasteiger partial charge in [-0.3, -0.25) is 14.4 Å². The zero-order valence-corrected chi connectivity index (χ0v) is 17.6. The molecule has 1 aliphatic rings. The van der Waals surface area contributed by atoms with Crippen molar-refractivity contribution >= 4 is 17.3 Å². The van der Waals surface area contributed by atoms with Gasteiger partial charge in [-0.1, -0.05) is 72.8 Å². The summed E-state index contributed by atoms with van der Waals surface area (Å²) in [5, 5.41) is 11.3. The third-order valence-corrected chi connectivity index (χ3v) is 6.18. The minimum Gasteiger partial charge on any atom is -0.389 e. The van der Waals surface area contributed by atoms with E-state index in [9.17, 15) is 23.9 Å². The molecule has 1 fully saturated rings. The zero-order chi connectivity index (χ0) is 22.9. The lowest BCUT2D eigenvalue weighted by atomic mass is 9.58. The summed E-state index contributed by atoms with van der Waals surface area (Å²) in [5.41, 5.74) is -0.671. The van der Waals surface area contributed by atoms with Crippen LogP contribution in [-0.4, -0.2) is 28.1 Å². The van der Waals surface area contributed by atoms with Crippen LogP contribution in [0.3, 0.4) is 0 Å². The Labute approximate surface area is 185 Å². The van der Waals surface area contributed by atoms with Crippen LogP contribution in [0, 0.1) is 17.7 Å².